The molecule has 2 aromatic rings. The van der Waals surface area contributed by atoms with Crippen molar-refractivity contribution >= 4 is 39.8 Å². The Bertz CT molecular complexity index is 749. The fourth-order valence-corrected chi connectivity index (χ4v) is 3.66. The van der Waals surface area contributed by atoms with Crippen LogP contribution in [-0.2, 0) is 14.3 Å². The highest BCUT2D eigenvalue weighted by atomic mass is 35.5. The van der Waals surface area contributed by atoms with Crippen molar-refractivity contribution in [2.75, 3.05) is 11.5 Å². The Hall–Kier alpha value is -1.96. The molecule has 2 heterocycles. The van der Waals surface area contributed by atoms with E-state index < -0.39 is 23.5 Å². The predicted molar refractivity (Wildman–Crippen MR) is 85.3 cm³/mol. The molecule has 0 aliphatic carbocycles. The summed E-state index contributed by atoms with van der Waals surface area (Å²) >= 11 is 7.58. The van der Waals surface area contributed by atoms with Crippen LogP contribution in [0.3, 0.4) is 0 Å². The Kier molecular flexibility index (Phi) is 4.34. The smallest absolute Gasteiger partial charge is 0.397 e. The van der Waals surface area contributed by atoms with Crippen LogP contribution in [0.4, 0.5) is 5.00 Å². The number of hydrogen-bond acceptors (Lipinski definition) is 6. The second-order valence-corrected chi connectivity index (χ2v) is 6.23. The third-order valence-corrected chi connectivity index (χ3v) is 5.06. The zero-order valence-electron chi connectivity index (χ0n) is 12.1. The maximum atomic E-state index is 12.0. The van der Waals surface area contributed by atoms with E-state index in [1.54, 1.807) is 6.92 Å². The number of aliphatic hydroxyl groups is 1. The molecule has 2 atom stereocenters. The molecule has 8 heteroatoms. The van der Waals surface area contributed by atoms with Gasteiger partial charge in [0.05, 0.1) is 6.61 Å². The average Bonchev–Trinajstić information content (AvgIpc) is 2.95. The molecule has 23 heavy (non-hydrogen) atoms. The fraction of sp³-hybridized carbons (Fsp3) is 0.267. The van der Waals surface area contributed by atoms with E-state index in [9.17, 15) is 14.7 Å². The van der Waals surface area contributed by atoms with Crippen molar-refractivity contribution in [2.24, 2.45) is 0 Å². The van der Waals surface area contributed by atoms with Crippen molar-refractivity contribution in [2.45, 2.75) is 18.5 Å². The highest BCUT2D eigenvalue weighted by molar-refractivity contribution is 7.16. The molecule has 1 amide bonds. The number of thiazole rings is 1. The van der Waals surface area contributed by atoms with Crippen LogP contribution in [0.1, 0.15) is 34.8 Å². The maximum Gasteiger partial charge on any atom is 0.397 e. The van der Waals surface area contributed by atoms with E-state index in [4.69, 9.17) is 11.6 Å². The Morgan fingerprint density at radius 1 is 1.43 bits per heavy atom. The van der Waals surface area contributed by atoms with Crippen molar-refractivity contribution in [3.05, 3.63) is 46.6 Å². The Balaban J connectivity index is 1.84. The highest BCUT2D eigenvalue weighted by Gasteiger charge is 2.45. The molecule has 1 aromatic heterocycles. The highest BCUT2D eigenvalue weighted by Crippen LogP contribution is 2.48. The summed E-state index contributed by atoms with van der Waals surface area (Å²) in [6.45, 7) is 1.69. The number of anilines is 1. The first kappa shape index (κ1) is 15.9. The first-order valence-electron chi connectivity index (χ1n) is 6.92. The lowest BCUT2D eigenvalue weighted by Crippen LogP contribution is -2.46. The second kappa shape index (κ2) is 6.27. The van der Waals surface area contributed by atoms with Gasteiger partial charge in [-0.25, -0.2) is 9.78 Å². The summed E-state index contributed by atoms with van der Waals surface area (Å²) in [5.41, 5.74) is 1.21. The molecule has 0 saturated carbocycles. The molecule has 0 saturated heterocycles. The van der Waals surface area contributed by atoms with E-state index in [0.29, 0.717) is 15.7 Å². The van der Waals surface area contributed by atoms with E-state index in [0.717, 1.165) is 10.5 Å². The Labute approximate surface area is 141 Å². The molecule has 2 unspecified atom stereocenters. The first-order chi connectivity index (χ1) is 11.0. The van der Waals surface area contributed by atoms with Gasteiger partial charge in [-0.15, -0.1) is 11.6 Å². The largest absolute Gasteiger partial charge is 0.459 e. The molecular formula is C15H13ClN2O4S. The Morgan fingerprint density at radius 2 is 2.13 bits per heavy atom. The van der Waals surface area contributed by atoms with E-state index in [-0.39, 0.29) is 6.61 Å². The van der Waals surface area contributed by atoms with Crippen LogP contribution in [0.25, 0.3) is 0 Å². The number of hydrogen-bond donors (Lipinski definition) is 1. The topological polar surface area (TPSA) is 79.7 Å². The summed E-state index contributed by atoms with van der Waals surface area (Å²) in [4.78, 5) is 28.8. The minimum atomic E-state index is -1.24. The fourth-order valence-electron chi connectivity index (χ4n) is 2.22. The van der Waals surface area contributed by atoms with Crippen LogP contribution in [0, 0.1) is 0 Å². The molecule has 120 valence electrons. The number of fused-ring (bicyclic) bond motifs is 1. The van der Waals surface area contributed by atoms with E-state index >= 15 is 0 Å². The van der Waals surface area contributed by atoms with Gasteiger partial charge in [0.2, 0.25) is 0 Å². The minimum Gasteiger partial charge on any atom is -0.459 e. The summed E-state index contributed by atoms with van der Waals surface area (Å²) in [7, 11) is 0. The van der Waals surface area contributed by atoms with Crippen LogP contribution < -0.4 is 4.90 Å². The summed E-state index contributed by atoms with van der Waals surface area (Å²) in [6.07, 6.45) is -1.24. The van der Waals surface area contributed by atoms with Gasteiger partial charge in [0, 0.05) is 0 Å². The van der Waals surface area contributed by atoms with Gasteiger partial charge in [-0.2, -0.15) is 0 Å². The number of aromatic nitrogens is 1. The molecule has 0 spiro atoms. The molecule has 0 bridgehead atoms. The summed E-state index contributed by atoms with van der Waals surface area (Å²) in [5.74, 6) is -1.91. The third kappa shape index (κ3) is 2.71. The van der Waals surface area contributed by atoms with Crippen molar-refractivity contribution in [1.82, 2.24) is 4.98 Å². The van der Waals surface area contributed by atoms with Crippen LogP contribution in [-0.4, -0.2) is 28.6 Å². The normalized spacial score (nSPS) is 17.2. The summed E-state index contributed by atoms with van der Waals surface area (Å²) in [6, 6.07) is 9.35. The number of aliphatic hydroxyl groups excluding tert-OH is 1. The lowest BCUT2D eigenvalue weighted by Gasteiger charge is -2.33. The second-order valence-electron chi connectivity index (χ2n) is 4.79. The number of esters is 1. The van der Waals surface area contributed by atoms with E-state index in [1.807, 2.05) is 30.3 Å². The average molecular weight is 353 g/mol. The van der Waals surface area contributed by atoms with Gasteiger partial charge in [0.15, 0.2) is 6.23 Å². The van der Waals surface area contributed by atoms with Gasteiger partial charge in [-0.3, -0.25) is 9.69 Å². The number of nitrogens with zero attached hydrogens (tertiary/aromatic N) is 2. The zero-order valence-corrected chi connectivity index (χ0v) is 13.7. The number of carbonyl (C=O) groups excluding carboxylic acids is 2. The quantitative estimate of drug-likeness (QED) is 0.521. The molecule has 1 N–H and O–H groups in total. The molecule has 0 radical (unpaired) electrons. The Morgan fingerprint density at radius 3 is 2.78 bits per heavy atom. The molecular weight excluding hydrogens is 340 g/mol. The van der Waals surface area contributed by atoms with Crippen molar-refractivity contribution < 1.29 is 19.4 Å². The van der Waals surface area contributed by atoms with Gasteiger partial charge in [0.25, 0.3) is 0 Å². The van der Waals surface area contributed by atoms with Crippen molar-refractivity contribution in [1.29, 1.82) is 0 Å². The number of halogens is 1. The summed E-state index contributed by atoms with van der Waals surface area (Å²) < 4.78 is 4.66. The molecule has 1 aromatic carbocycles. The monoisotopic (exact) mass is 352 g/mol. The number of benzene rings is 1. The number of rotatable bonds is 3. The minimum absolute atomic E-state index is 0.0903. The third-order valence-electron chi connectivity index (χ3n) is 3.34. The molecule has 3 rings (SSSR count). The maximum absolute atomic E-state index is 12.0. The van der Waals surface area contributed by atoms with E-state index in [1.165, 1.54) is 11.3 Å². The molecule has 0 fully saturated rings. The SMILES string of the molecule is CCOC(=O)C(=O)N1c2sc(C(Cl)c3ccccc3)nc2C1O. The van der Waals surface area contributed by atoms with Gasteiger partial charge in [-0.1, -0.05) is 41.7 Å². The van der Waals surface area contributed by atoms with Gasteiger partial charge >= 0.3 is 11.9 Å². The van der Waals surface area contributed by atoms with Crippen LogP contribution in [0.5, 0.6) is 0 Å². The molecule has 6 nitrogen and oxygen atoms in total. The molecule has 1 aliphatic rings. The molecule has 1 aliphatic heterocycles. The van der Waals surface area contributed by atoms with Crippen LogP contribution in [0.2, 0.25) is 0 Å². The zero-order chi connectivity index (χ0) is 16.6. The number of alkyl halides is 1. The van der Waals surface area contributed by atoms with Gasteiger partial charge < -0.3 is 9.84 Å². The number of amides is 1. The van der Waals surface area contributed by atoms with Crippen LogP contribution in [0.15, 0.2) is 30.3 Å². The van der Waals surface area contributed by atoms with Gasteiger partial charge in [-0.05, 0) is 12.5 Å². The number of ether oxygens (including phenoxy) is 1. The summed E-state index contributed by atoms with van der Waals surface area (Å²) in [5, 5.41) is 10.5. The number of carbonyl (C=O) groups is 2. The predicted octanol–water partition coefficient (Wildman–Crippen LogP) is 2.37. The standard InChI is InChI=1S/C15H13ClN2O4S/c1-2-22-15(21)13(20)18-12(19)10-14(18)23-11(17-10)9(16)8-6-4-3-5-7-8/h3-7,9,12,19H,2H2,1H3. The van der Waals surface area contributed by atoms with E-state index in [2.05, 4.69) is 9.72 Å². The lowest BCUT2D eigenvalue weighted by atomic mass is 10.1. The lowest BCUT2D eigenvalue weighted by molar-refractivity contribution is -0.154. The van der Waals surface area contributed by atoms with Crippen LogP contribution >= 0.6 is 22.9 Å². The van der Waals surface area contributed by atoms with Crippen molar-refractivity contribution in [3.8, 4) is 0 Å². The van der Waals surface area contributed by atoms with Gasteiger partial charge in [0.1, 0.15) is 21.1 Å². The first-order valence-corrected chi connectivity index (χ1v) is 8.18. The van der Waals surface area contributed by atoms with Crippen molar-refractivity contribution in [3.63, 3.8) is 0 Å².